The molecule has 0 aliphatic carbocycles. The van der Waals surface area contributed by atoms with Gasteiger partial charge < -0.3 is 21.3 Å². The number of hydrogen-bond acceptors (Lipinski definition) is 7. The zero-order valence-electron chi connectivity index (χ0n) is 22.3. The van der Waals surface area contributed by atoms with Gasteiger partial charge in [0.1, 0.15) is 17.4 Å². The molecule has 3 aromatic rings. The van der Waals surface area contributed by atoms with Gasteiger partial charge in [0, 0.05) is 54.9 Å². The molecule has 0 spiro atoms. The van der Waals surface area contributed by atoms with E-state index in [1.807, 2.05) is 48.5 Å². The Hall–Kier alpha value is -3.95. The molecule has 2 amide bonds. The summed E-state index contributed by atoms with van der Waals surface area (Å²) < 4.78 is 0. The number of amidine groups is 2. The van der Waals surface area contributed by atoms with Crippen molar-refractivity contribution in [3.05, 3.63) is 89.2 Å². The molecule has 2 atom stereocenters. The Labute approximate surface area is 246 Å². The van der Waals surface area contributed by atoms with Crippen LogP contribution in [0.2, 0.25) is 0 Å². The molecule has 11 heteroatoms. The van der Waals surface area contributed by atoms with Crippen molar-refractivity contribution in [3.8, 4) is 0 Å². The van der Waals surface area contributed by atoms with Crippen LogP contribution in [0.5, 0.6) is 0 Å². The number of benzene rings is 2. The Morgan fingerprint density at radius 1 is 0.700 bits per heavy atom. The third-order valence-corrected chi connectivity index (χ3v) is 6.45. The Morgan fingerprint density at radius 2 is 1.18 bits per heavy atom. The van der Waals surface area contributed by atoms with E-state index in [0.29, 0.717) is 28.8 Å². The molecule has 0 bridgehead atoms. The van der Waals surface area contributed by atoms with E-state index in [1.165, 1.54) is 12.3 Å². The van der Waals surface area contributed by atoms with E-state index in [4.69, 9.17) is 0 Å². The van der Waals surface area contributed by atoms with Crippen molar-refractivity contribution in [2.75, 3.05) is 36.8 Å². The van der Waals surface area contributed by atoms with Crippen molar-refractivity contribution >= 4 is 59.7 Å². The number of anilines is 2. The van der Waals surface area contributed by atoms with Gasteiger partial charge in [-0.3, -0.25) is 24.6 Å². The molecule has 2 unspecified atom stereocenters. The number of nitrogens with one attached hydrogen (secondary N) is 4. The predicted molar refractivity (Wildman–Crippen MR) is 165 cm³/mol. The second-order valence-corrected chi connectivity index (χ2v) is 9.85. The molecule has 0 fully saturated rings. The lowest BCUT2D eigenvalue weighted by Crippen LogP contribution is -2.35. The fourth-order valence-electron chi connectivity index (χ4n) is 4.15. The number of aromatic nitrogens is 1. The summed E-state index contributed by atoms with van der Waals surface area (Å²) in [5, 5.41) is 12.4. The van der Waals surface area contributed by atoms with Crippen LogP contribution in [0.3, 0.4) is 0 Å². The first-order valence-electron chi connectivity index (χ1n) is 12.8. The van der Waals surface area contributed by atoms with Crippen LogP contribution < -0.4 is 21.3 Å². The second-order valence-electron chi connectivity index (χ2n) is 9.85. The van der Waals surface area contributed by atoms with Crippen molar-refractivity contribution < 1.29 is 9.59 Å². The van der Waals surface area contributed by atoms with Gasteiger partial charge >= 0.3 is 0 Å². The summed E-state index contributed by atoms with van der Waals surface area (Å²) >= 11 is 0. The SMILES string of the molecule is CC1CN=C(c2ccc(NC(=O)c3ccc(C(=O)Nc4ccc(C5=NCC(C)CN5)cc4)nc3)cc2)NC1.Cl.Cl. The number of pyridine rings is 1. The normalized spacial score (nSPS) is 17.9. The predicted octanol–water partition coefficient (Wildman–Crippen LogP) is 4.40. The molecular formula is C29H33Cl2N7O2. The first-order chi connectivity index (χ1) is 18.4. The van der Waals surface area contributed by atoms with Gasteiger partial charge in [0.15, 0.2) is 0 Å². The summed E-state index contributed by atoms with van der Waals surface area (Å²) in [6.45, 7) is 7.73. The topological polar surface area (TPSA) is 120 Å². The lowest BCUT2D eigenvalue weighted by Gasteiger charge is -2.20. The number of nitrogens with zero attached hydrogens (tertiary/aromatic N) is 3. The third-order valence-electron chi connectivity index (χ3n) is 6.45. The van der Waals surface area contributed by atoms with Crippen LogP contribution in [0, 0.1) is 11.8 Å². The van der Waals surface area contributed by atoms with E-state index in [2.05, 4.69) is 50.1 Å². The minimum absolute atomic E-state index is 0. The fourth-order valence-corrected chi connectivity index (χ4v) is 4.15. The number of rotatable bonds is 6. The van der Waals surface area contributed by atoms with Crippen molar-refractivity contribution in [3.63, 3.8) is 0 Å². The fraction of sp³-hybridized carbons (Fsp3) is 0.276. The summed E-state index contributed by atoms with van der Waals surface area (Å²) in [6, 6.07) is 18.2. The number of amides is 2. The quantitative estimate of drug-likeness (QED) is 0.344. The zero-order chi connectivity index (χ0) is 26.5. The van der Waals surface area contributed by atoms with Gasteiger partial charge in [-0.1, -0.05) is 13.8 Å². The number of carbonyl (C=O) groups is 2. The van der Waals surface area contributed by atoms with Gasteiger partial charge in [-0.2, -0.15) is 0 Å². The Kier molecular flexibility index (Phi) is 10.6. The van der Waals surface area contributed by atoms with Gasteiger partial charge in [-0.25, -0.2) is 0 Å². The van der Waals surface area contributed by atoms with Crippen LogP contribution in [-0.2, 0) is 0 Å². The summed E-state index contributed by atoms with van der Waals surface area (Å²) in [5.74, 6) is 2.15. The Balaban J connectivity index is 0.00000220. The molecule has 2 aliphatic rings. The zero-order valence-corrected chi connectivity index (χ0v) is 23.9. The first-order valence-corrected chi connectivity index (χ1v) is 12.8. The van der Waals surface area contributed by atoms with Crippen molar-refractivity contribution in [1.29, 1.82) is 0 Å². The average molecular weight is 583 g/mol. The maximum absolute atomic E-state index is 12.7. The van der Waals surface area contributed by atoms with E-state index in [9.17, 15) is 9.59 Å². The van der Waals surface area contributed by atoms with E-state index in [0.717, 1.165) is 49.0 Å². The largest absolute Gasteiger partial charge is 0.370 e. The molecule has 2 aromatic carbocycles. The monoisotopic (exact) mass is 581 g/mol. The molecule has 0 saturated heterocycles. The van der Waals surface area contributed by atoms with Crippen LogP contribution in [0.4, 0.5) is 11.4 Å². The van der Waals surface area contributed by atoms with Crippen LogP contribution in [-0.4, -0.2) is 54.6 Å². The number of hydrogen-bond donors (Lipinski definition) is 4. The van der Waals surface area contributed by atoms with Crippen LogP contribution in [0.1, 0.15) is 45.8 Å². The number of carbonyl (C=O) groups excluding carboxylic acids is 2. The molecule has 9 nitrogen and oxygen atoms in total. The third kappa shape index (κ3) is 7.58. The summed E-state index contributed by atoms with van der Waals surface area (Å²) in [5.41, 5.74) is 3.86. The lowest BCUT2D eigenvalue weighted by molar-refractivity contribution is 0.101. The van der Waals surface area contributed by atoms with Gasteiger partial charge in [0.25, 0.3) is 11.8 Å². The van der Waals surface area contributed by atoms with Gasteiger partial charge in [0.05, 0.1) is 5.56 Å². The molecule has 1 aromatic heterocycles. The summed E-state index contributed by atoms with van der Waals surface area (Å²) in [4.78, 5) is 38.7. The van der Waals surface area contributed by atoms with Crippen LogP contribution in [0.25, 0.3) is 0 Å². The molecule has 2 aliphatic heterocycles. The summed E-state index contributed by atoms with van der Waals surface area (Å²) in [7, 11) is 0. The number of halogens is 2. The van der Waals surface area contributed by atoms with Gasteiger partial charge in [-0.05, 0) is 72.5 Å². The first kappa shape index (κ1) is 30.6. The highest BCUT2D eigenvalue weighted by molar-refractivity contribution is 6.06. The van der Waals surface area contributed by atoms with Crippen molar-refractivity contribution in [2.24, 2.45) is 21.8 Å². The standard InChI is InChI=1S/C29H31N7O2.2ClH/c1-18-13-31-26(32-14-18)20-3-8-23(9-4-20)35-28(37)22-7-12-25(30-17-22)29(38)36-24-10-5-21(6-11-24)27-33-15-19(2)16-34-27;;/h3-12,17-19H,13-16H2,1-2H3,(H,31,32)(H,33,34)(H,35,37)(H,36,38);2*1H. The summed E-state index contributed by atoms with van der Waals surface area (Å²) in [6.07, 6.45) is 1.40. The van der Waals surface area contributed by atoms with Crippen molar-refractivity contribution in [2.45, 2.75) is 13.8 Å². The maximum atomic E-state index is 12.7. The minimum atomic E-state index is -0.351. The number of aliphatic imine (C=N–C) groups is 2. The second kappa shape index (κ2) is 13.9. The van der Waals surface area contributed by atoms with Gasteiger partial charge in [-0.15, -0.1) is 24.8 Å². The molecule has 0 radical (unpaired) electrons. The molecule has 210 valence electrons. The average Bonchev–Trinajstić information content (AvgIpc) is 2.95. The molecule has 4 N–H and O–H groups in total. The highest BCUT2D eigenvalue weighted by atomic mass is 35.5. The van der Waals surface area contributed by atoms with E-state index in [1.54, 1.807) is 6.07 Å². The Bertz CT molecular complexity index is 1270. The molecular weight excluding hydrogens is 549 g/mol. The molecule has 0 saturated carbocycles. The van der Waals surface area contributed by atoms with E-state index >= 15 is 0 Å². The highest BCUT2D eigenvalue weighted by Gasteiger charge is 2.15. The minimum Gasteiger partial charge on any atom is -0.370 e. The molecule has 5 rings (SSSR count). The molecule has 3 heterocycles. The highest BCUT2D eigenvalue weighted by Crippen LogP contribution is 2.15. The smallest absolute Gasteiger partial charge is 0.274 e. The van der Waals surface area contributed by atoms with Crippen molar-refractivity contribution in [1.82, 2.24) is 15.6 Å². The van der Waals surface area contributed by atoms with Crippen LogP contribution in [0.15, 0.2) is 76.8 Å². The van der Waals surface area contributed by atoms with Crippen LogP contribution >= 0.6 is 24.8 Å². The maximum Gasteiger partial charge on any atom is 0.274 e. The van der Waals surface area contributed by atoms with Gasteiger partial charge in [0.2, 0.25) is 0 Å². The molecule has 40 heavy (non-hydrogen) atoms. The van der Waals surface area contributed by atoms with E-state index < -0.39 is 0 Å². The Morgan fingerprint density at radius 3 is 1.57 bits per heavy atom. The van der Waals surface area contributed by atoms with E-state index in [-0.39, 0.29) is 42.3 Å². The lowest BCUT2D eigenvalue weighted by atomic mass is 10.1.